The Morgan fingerprint density at radius 3 is 2.36 bits per heavy atom. The zero-order valence-electron chi connectivity index (χ0n) is 19.3. The summed E-state index contributed by atoms with van der Waals surface area (Å²) in [5.41, 5.74) is 3.55. The van der Waals surface area contributed by atoms with Gasteiger partial charge in [-0.25, -0.2) is 4.98 Å². The fraction of sp³-hybridized carbons (Fsp3) is 0.143. The van der Waals surface area contributed by atoms with Gasteiger partial charge in [0.15, 0.2) is 5.76 Å². The molecular formula is C28H23N5O3. The maximum Gasteiger partial charge on any atom is 0.255 e. The topological polar surface area (TPSA) is 106 Å². The predicted octanol–water partition coefficient (Wildman–Crippen LogP) is 4.47. The molecule has 0 saturated heterocycles. The van der Waals surface area contributed by atoms with Crippen LogP contribution in [-0.2, 0) is 17.6 Å². The molecule has 0 unspecified atom stereocenters. The third-order valence-electron chi connectivity index (χ3n) is 6.39. The van der Waals surface area contributed by atoms with E-state index in [1.165, 1.54) is 4.68 Å². The smallest absolute Gasteiger partial charge is 0.255 e. The van der Waals surface area contributed by atoms with Crippen molar-refractivity contribution in [3.63, 3.8) is 0 Å². The fourth-order valence-electron chi connectivity index (χ4n) is 4.69. The third-order valence-corrected chi connectivity index (χ3v) is 6.39. The van der Waals surface area contributed by atoms with Gasteiger partial charge in [-0.1, -0.05) is 60.7 Å². The van der Waals surface area contributed by atoms with Crippen LogP contribution >= 0.6 is 0 Å². The third kappa shape index (κ3) is 4.02. The van der Waals surface area contributed by atoms with Crippen LogP contribution in [-0.4, -0.2) is 25.7 Å². The Labute approximate surface area is 206 Å². The van der Waals surface area contributed by atoms with E-state index in [1.807, 2.05) is 60.7 Å². The maximum atomic E-state index is 13.8. The summed E-state index contributed by atoms with van der Waals surface area (Å²) in [6.07, 6.45) is 3.91. The molecular weight excluding hydrogens is 454 g/mol. The second-order valence-corrected chi connectivity index (χ2v) is 8.72. The predicted molar refractivity (Wildman–Crippen MR) is 135 cm³/mol. The van der Waals surface area contributed by atoms with Crippen molar-refractivity contribution in [1.29, 1.82) is 0 Å². The van der Waals surface area contributed by atoms with Crippen molar-refractivity contribution >= 4 is 11.7 Å². The van der Waals surface area contributed by atoms with Gasteiger partial charge in [0.25, 0.3) is 5.56 Å². The molecule has 8 nitrogen and oxygen atoms in total. The Morgan fingerprint density at radius 2 is 1.69 bits per heavy atom. The molecule has 178 valence electrons. The molecule has 36 heavy (non-hydrogen) atoms. The van der Waals surface area contributed by atoms with Crippen LogP contribution in [0.4, 0.5) is 5.82 Å². The van der Waals surface area contributed by atoms with Crippen molar-refractivity contribution in [3.05, 3.63) is 118 Å². The summed E-state index contributed by atoms with van der Waals surface area (Å²) in [5.74, 6) is 0.391. The Bertz CT molecular complexity index is 1530. The molecule has 1 aliphatic carbocycles. The summed E-state index contributed by atoms with van der Waals surface area (Å²) < 4.78 is 6.99. The standard InChI is InChI=1S/C28H23N5O3/c34-26-20-13-7-14-21(20)29-28(31-26)33-24(17-22(32-33)23-15-8-16-36-23)30-27(35)25(18-9-3-1-4-10-18)19-11-5-2-6-12-19/h1-6,8-12,15-17,25H,7,13-14H2,(H,30,35)(H,29,31,34). The van der Waals surface area contributed by atoms with E-state index in [2.05, 4.69) is 20.4 Å². The van der Waals surface area contributed by atoms with E-state index in [0.29, 0.717) is 23.7 Å². The lowest BCUT2D eigenvalue weighted by Crippen LogP contribution is -2.25. The number of furan rings is 1. The number of anilines is 1. The van der Waals surface area contributed by atoms with Crippen LogP contribution < -0.4 is 10.9 Å². The molecule has 0 aliphatic heterocycles. The van der Waals surface area contributed by atoms with Crippen molar-refractivity contribution in [3.8, 4) is 17.4 Å². The number of fused-ring (bicyclic) bond motifs is 1. The maximum absolute atomic E-state index is 13.8. The monoisotopic (exact) mass is 477 g/mol. The van der Waals surface area contributed by atoms with Gasteiger partial charge < -0.3 is 9.73 Å². The van der Waals surface area contributed by atoms with Crippen LogP contribution in [0.25, 0.3) is 17.4 Å². The van der Waals surface area contributed by atoms with Gasteiger partial charge in [0.1, 0.15) is 11.5 Å². The summed E-state index contributed by atoms with van der Waals surface area (Å²) in [6.45, 7) is 0. The Hall–Kier alpha value is -4.72. The minimum absolute atomic E-state index is 0.175. The van der Waals surface area contributed by atoms with Crippen molar-refractivity contribution in [1.82, 2.24) is 19.7 Å². The quantitative estimate of drug-likeness (QED) is 0.375. The van der Waals surface area contributed by atoms with Gasteiger partial charge >= 0.3 is 0 Å². The summed E-state index contributed by atoms with van der Waals surface area (Å²) >= 11 is 0. The van der Waals surface area contributed by atoms with E-state index in [-0.39, 0.29) is 17.4 Å². The lowest BCUT2D eigenvalue weighted by Gasteiger charge is -2.18. The number of aryl methyl sites for hydroxylation is 1. The van der Waals surface area contributed by atoms with Crippen LogP contribution in [0, 0.1) is 0 Å². The van der Waals surface area contributed by atoms with Crippen molar-refractivity contribution in [2.45, 2.75) is 25.2 Å². The molecule has 0 radical (unpaired) electrons. The first-order chi connectivity index (χ1) is 17.7. The molecule has 8 heteroatoms. The molecule has 0 bridgehead atoms. The summed E-state index contributed by atoms with van der Waals surface area (Å²) in [7, 11) is 0. The normalized spacial score (nSPS) is 12.6. The Kier molecular flexibility index (Phi) is 5.53. The van der Waals surface area contributed by atoms with E-state index >= 15 is 0 Å². The lowest BCUT2D eigenvalue weighted by molar-refractivity contribution is -0.116. The first-order valence-corrected chi connectivity index (χ1v) is 11.8. The zero-order chi connectivity index (χ0) is 24.5. The number of carbonyl (C=O) groups is 1. The first-order valence-electron chi connectivity index (χ1n) is 11.8. The molecule has 1 amide bonds. The van der Waals surface area contributed by atoms with E-state index in [0.717, 1.165) is 35.2 Å². The molecule has 5 aromatic rings. The molecule has 2 N–H and O–H groups in total. The molecule has 0 fully saturated rings. The van der Waals surface area contributed by atoms with Gasteiger partial charge in [-0.05, 0) is 42.5 Å². The van der Waals surface area contributed by atoms with Crippen LogP contribution in [0.5, 0.6) is 0 Å². The number of rotatable bonds is 6. The van der Waals surface area contributed by atoms with Crippen LogP contribution in [0.15, 0.2) is 94.3 Å². The minimum Gasteiger partial charge on any atom is -0.463 e. The zero-order valence-corrected chi connectivity index (χ0v) is 19.3. The highest BCUT2D eigenvalue weighted by atomic mass is 16.3. The number of carbonyl (C=O) groups excluding carboxylic acids is 1. The van der Waals surface area contributed by atoms with Crippen LogP contribution in [0.1, 0.15) is 34.7 Å². The molecule has 0 spiro atoms. The molecule has 0 saturated carbocycles. The molecule has 3 aromatic heterocycles. The summed E-state index contributed by atoms with van der Waals surface area (Å²) in [6, 6.07) is 24.5. The van der Waals surface area contributed by atoms with Gasteiger partial charge in [-0.2, -0.15) is 9.78 Å². The Balaban J connectivity index is 1.43. The van der Waals surface area contributed by atoms with E-state index in [9.17, 15) is 9.59 Å². The number of hydrogen-bond acceptors (Lipinski definition) is 5. The number of nitrogens with one attached hydrogen (secondary N) is 2. The molecule has 3 heterocycles. The number of aromatic nitrogens is 4. The van der Waals surface area contributed by atoms with Gasteiger partial charge in [-0.3, -0.25) is 14.6 Å². The number of benzene rings is 2. The van der Waals surface area contributed by atoms with Gasteiger partial charge in [0.2, 0.25) is 11.9 Å². The first kappa shape index (κ1) is 21.8. The number of nitrogens with zero attached hydrogens (tertiary/aromatic N) is 3. The molecule has 1 aliphatic rings. The largest absolute Gasteiger partial charge is 0.463 e. The lowest BCUT2D eigenvalue weighted by atomic mass is 9.90. The van der Waals surface area contributed by atoms with Gasteiger partial charge in [0, 0.05) is 11.6 Å². The fourth-order valence-corrected chi connectivity index (χ4v) is 4.69. The summed E-state index contributed by atoms with van der Waals surface area (Å²) in [4.78, 5) is 34.0. The van der Waals surface area contributed by atoms with Crippen molar-refractivity contribution < 1.29 is 9.21 Å². The highest BCUT2D eigenvalue weighted by molar-refractivity contribution is 5.98. The highest BCUT2D eigenvalue weighted by Crippen LogP contribution is 2.29. The number of amides is 1. The van der Waals surface area contributed by atoms with E-state index in [4.69, 9.17) is 4.42 Å². The number of H-pyrrole nitrogens is 1. The van der Waals surface area contributed by atoms with Crippen LogP contribution in [0.2, 0.25) is 0 Å². The van der Waals surface area contributed by atoms with Crippen molar-refractivity contribution in [2.24, 2.45) is 0 Å². The minimum atomic E-state index is -0.546. The number of hydrogen-bond donors (Lipinski definition) is 2. The van der Waals surface area contributed by atoms with E-state index < -0.39 is 5.92 Å². The molecule has 6 rings (SSSR count). The molecule has 2 aromatic carbocycles. The molecule has 0 atom stereocenters. The van der Waals surface area contributed by atoms with Gasteiger partial charge in [0.05, 0.1) is 17.9 Å². The van der Waals surface area contributed by atoms with Crippen LogP contribution in [0.3, 0.4) is 0 Å². The average Bonchev–Trinajstić information content (AvgIpc) is 3.66. The second-order valence-electron chi connectivity index (χ2n) is 8.72. The van der Waals surface area contributed by atoms with E-state index in [1.54, 1.807) is 24.5 Å². The SMILES string of the molecule is O=C(Nc1cc(-c2ccco2)nn1-c1nc2c(c(=O)[nH]1)CCC2)C(c1ccccc1)c1ccccc1. The second kappa shape index (κ2) is 9.14. The average molecular weight is 478 g/mol. The van der Waals surface area contributed by atoms with Crippen molar-refractivity contribution in [2.75, 3.05) is 5.32 Å². The Morgan fingerprint density at radius 1 is 0.972 bits per heavy atom. The highest BCUT2D eigenvalue weighted by Gasteiger charge is 2.26. The summed E-state index contributed by atoms with van der Waals surface area (Å²) in [5, 5.41) is 7.66. The van der Waals surface area contributed by atoms with Gasteiger partial charge in [-0.15, -0.1) is 0 Å². The number of aromatic amines is 1.